The molecule has 2 aliphatic heterocycles. The van der Waals surface area contributed by atoms with Crippen LogP contribution in [0.3, 0.4) is 0 Å². The van der Waals surface area contributed by atoms with Crippen LogP contribution in [-0.4, -0.2) is 68.1 Å². The van der Waals surface area contributed by atoms with Crippen molar-refractivity contribution in [3.63, 3.8) is 0 Å². The van der Waals surface area contributed by atoms with Crippen molar-refractivity contribution in [1.82, 2.24) is 24.3 Å². The van der Waals surface area contributed by atoms with Gasteiger partial charge in [0.25, 0.3) is 0 Å². The summed E-state index contributed by atoms with van der Waals surface area (Å²) in [4.78, 5) is 25.1. The molecule has 0 aromatic carbocycles. The van der Waals surface area contributed by atoms with Gasteiger partial charge in [-0.25, -0.2) is 4.98 Å². The second kappa shape index (κ2) is 8.41. The second-order valence-electron chi connectivity index (χ2n) is 8.20. The minimum Gasteiger partial charge on any atom is -0.396 e. The Kier molecular flexibility index (Phi) is 5.73. The lowest BCUT2D eigenvalue weighted by Crippen LogP contribution is -2.54. The third-order valence-electron chi connectivity index (χ3n) is 6.64. The van der Waals surface area contributed by atoms with E-state index >= 15 is 0 Å². The molecule has 2 aliphatic rings. The quantitative estimate of drug-likeness (QED) is 0.845. The van der Waals surface area contributed by atoms with Crippen LogP contribution in [0.15, 0.2) is 43.2 Å². The predicted octanol–water partition coefficient (Wildman–Crippen LogP) is 1.40. The fourth-order valence-corrected chi connectivity index (χ4v) is 4.79. The molecule has 0 saturated carbocycles. The maximum Gasteiger partial charge on any atom is 0.242 e. The lowest BCUT2D eigenvalue weighted by molar-refractivity contribution is -0.138. The fourth-order valence-electron chi connectivity index (χ4n) is 4.79. The molecule has 2 aromatic heterocycles. The van der Waals surface area contributed by atoms with E-state index in [1.54, 1.807) is 17.1 Å². The number of pyridine rings is 1. The minimum atomic E-state index is 0.112. The van der Waals surface area contributed by atoms with Gasteiger partial charge in [0.2, 0.25) is 5.91 Å². The molecule has 0 aliphatic carbocycles. The molecule has 2 aromatic rings. The van der Waals surface area contributed by atoms with Crippen molar-refractivity contribution < 1.29 is 9.90 Å². The van der Waals surface area contributed by atoms with Crippen molar-refractivity contribution in [2.45, 2.75) is 32.4 Å². The van der Waals surface area contributed by atoms with E-state index in [0.29, 0.717) is 13.1 Å². The Morgan fingerprint density at radius 2 is 1.86 bits per heavy atom. The topological polar surface area (TPSA) is 74.5 Å². The number of piperidine rings is 2. The van der Waals surface area contributed by atoms with Crippen LogP contribution in [-0.2, 0) is 17.9 Å². The van der Waals surface area contributed by atoms with Gasteiger partial charge in [0.1, 0.15) is 6.54 Å². The van der Waals surface area contributed by atoms with Crippen LogP contribution in [0.2, 0.25) is 0 Å². The zero-order chi connectivity index (χ0) is 19.4. The number of carbonyl (C=O) groups excluding carboxylic acids is 1. The number of aliphatic hydroxyl groups is 1. The molecule has 150 valence electrons. The number of aliphatic hydroxyl groups excluding tert-OH is 1. The van der Waals surface area contributed by atoms with Crippen molar-refractivity contribution in [2.24, 2.45) is 11.3 Å². The number of imidazole rings is 1. The van der Waals surface area contributed by atoms with E-state index in [1.165, 1.54) is 5.56 Å². The maximum absolute atomic E-state index is 12.6. The molecular formula is C21H29N5O2. The summed E-state index contributed by atoms with van der Waals surface area (Å²) in [5, 5.41) is 10.1. The Morgan fingerprint density at radius 3 is 2.54 bits per heavy atom. The van der Waals surface area contributed by atoms with Gasteiger partial charge in [-0.15, -0.1) is 0 Å². The monoisotopic (exact) mass is 383 g/mol. The molecular weight excluding hydrogens is 354 g/mol. The van der Waals surface area contributed by atoms with Gasteiger partial charge >= 0.3 is 0 Å². The van der Waals surface area contributed by atoms with Gasteiger partial charge in [-0.2, -0.15) is 0 Å². The number of rotatable bonds is 5. The largest absolute Gasteiger partial charge is 0.396 e. The molecule has 4 rings (SSSR count). The van der Waals surface area contributed by atoms with Gasteiger partial charge < -0.3 is 14.6 Å². The van der Waals surface area contributed by atoms with Crippen LogP contribution in [0, 0.1) is 11.3 Å². The molecule has 2 fully saturated rings. The number of hydrogen-bond donors (Lipinski definition) is 1. The Morgan fingerprint density at radius 1 is 1.11 bits per heavy atom. The highest BCUT2D eigenvalue weighted by Crippen LogP contribution is 2.45. The van der Waals surface area contributed by atoms with E-state index < -0.39 is 0 Å². The highest BCUT2D eigenvalue weighted by molar-refractivity contribution is 5.76. The molecule has 4 heterocycles. The van der Waals surface area contributed by atoms with Gasteiger partial charge in [0, 0.05) is 56.9 Å². The minimum absolute atomic E-state index is 0.112. The number of carbonyl (C=O) groups is 1. The molecule has 0 unspecified atom stereocenters. The summed E-state index contributed by atoms with van der Waals surface area (Å²) in [6.45, 7) is 4.97. The fraction of sp³-hybridized carbons (Fsp3) is 0.571. The average molecular weight is 383 g/mol. The Hall–Kier alpha value is -2.25. The molecule has 0 radical (unpaired) electrons. The zero-order valence-corrected chi connectivity index (χ0v) is 16.3. The summed E-state index contributed by atoms with van der Waals surface area (Å²) >= 11 is 0. The number of amides is 1. The molecule has 2 saturated heterocycles. The summed E-state index contributed by atoms with van der Waals surface area (Å²) < 4.78 is 1.80. The molecule has 1 N–H and O–H groups in total. The van der Waals surface area contributed by atoms with Crippen LogP contribution in [0.4, 0.5) is 0 Å². The normalized spacial score (nSPS) is 22.5. The van der Waals surface area contributed by atoms with E-state index in [-0.39, 0.29) is 23.8 Å². The third kappa shape index (κ3) is 4.10. The van der Waals surface area contributed by atoms with Gasteiger partial charge in [-0.3, -0.25) is 14.7 Å². The van der Waals surface area contributed by atoms with Gasteiger partial charge in [0.05, 0.1) is 6.33 Å². The van der Waals surface area contributed by atoms with E-state index in [1.807, 2.05) is 23.5 Å². The predicted molar refractivity (Wildman–Crippen MR) is 105 cm³/mol. The molecule has 7 heteroatoms. The highest BCUT2D eigenvalue weighted by Gasteiger charge is 2.45. The number of nitrogens with zero attached hydrogens (tertiary/aromatic N) is 5. The van der Waals surface area contributed by atoms with Crippen molar-refractivity contribution in [2.75, 3.05) is 32.8 Å². The smallest absolute Gasteiger partial charge is 0.242 e. The number of aromatic nitrogens is 3. The van der Waals surface area contributed by atoms with Crippen LogP contribution in [0.25, 0.3) is 0 Å². The van der Waals surface area contributed by atoms with Gasteiger partial charge in [-0.1, -0.05) is 0 Å². The third-order valence-corrected chi connectivity index (χ3v) is 6.64. The maximum atomic E-state index is 12.6. The average Bonchev–Trinajstić information content (AvgIpc) is 3.24. The lowest BCUT2D eigenvalue weighted by atomic mass is 9.64. The molecule has 1 amide bonds. The van der Waals surface area contributed by atoms with Crippen LogP contribution in [0.1, 0.15) is 24.8 Å². The molecule has 28 heavy (non-hydrogen) atoms. The van der Waals surface area contributed by atoms with Crippen molar-refractivity contribution in [3.05, 3.63) is 48.8 Å². The second-order valence-corrected chi connectivity index (χ2v) is 8.20. The number of hydrogen-bond acceptors (Lipinski definition) is 5. The zero-order valence-electron chi connectivity index (χ0n) is 16.3. The summed E-state index contributed by atoms with van der Waals surface area (Å²) in [7, 11) is 0. The van der Waals surface area contributed by atoms with Crippen molar-refractivity contribution >= 4 is 5.91 Å². The summed E-state index contributed by atoms with van der Waals surface area (Å²) in [6, 6.07) is 4.15. The first-order chi connectivity index (χ1) is 13.7. The summed E-state index contributed by atoms with van der Waals surface area (Å²) in [5.41, 5.74) is 1.46. The first-order valence-corrected chi connectivity index (χ1v) is 10.1. The van der Waals surface area contributed by atoms with Gasteiger partial charge in [0.15, 0.2) is 0 Å². The van der Waals surface area contributed by atoms with Crippen LogP contribution < -0.4 is 0 Å². The Labute approximate surface area is 166 Å². The molecule has 0 bridgehead atoms. The van der Waals surface area contributed by atoms with Gasteiger partial charge in [-0.05, 0) is 55.5 Å². The van der Waals surface area contributed by atoms with Crippen LogP contribution >= 0.6 is 0 Å². The first-order valence-electron chi connectivity index (χ1n) is 10.1. The highest BCUT2D eigenvalue weighted by atomic mass is 16.3. The van der Waals surface area contributed by atoms with Crippen molar-refractivity contribution in [3.8, 4) is 0 Å². The molecule has 7 nitrogen and oxygen atoms in total. The number of likely N-dealkylation sites (tertiary alicyclic amines) is 2. The first kappa shape index (κ1) is 19.1. The Balaban J connectivity index is 1.33. The summed E-state index contributed by atoms with van der Waals surface area (Å²) in [6.07, 6.45) is 12.0. The standard InChI is InChI=1S/C21H29N5O2/c27-16-19-14-26(20(28)15-25-12-8-23-17-25)11-5-21(19)3-9-24(10-4-21)13-18-1-6-22-7-2-18/h1-2,6-8,12,17,19,27H,3-5,9-11,13-16H2/t19-/m1/s1. The van der Waals surface area contributed by atoms with E-state index in [4.69, 9.17) is 0 Å². The Bertz CT molecular complexity index is 756. The molecule has 1 atom stereocenters. The van der Waals surface area contributed by atoms with E-state index in [9.17, 15) is 9.90 Å². The van der Waals surface area contributed by atoms with Crippen molar-refractivity contribution in [1.29, 1.82) is 0 Å². The molecule has 1 spiro atoms. The SMILES string of the molecule is O=C(Cn1ccnc1)N1CCC2(CCN(Cc3ccncc3)CC2)[C@@H](CO)C1. The summed E-state index contributed by atoms with van der Waals surface area (Å²) in [5.74, 6) is 0.275. The van der Waals surface area contributed by atoms with E-state index in [2.05, 4.69) is 27.0 Å². The lowest BCUT2D eigenvalue weighted by Gasteiger charge is -2.51. The van der Waals surface area contributed by atoms with Crippen LogP contribution in [0.5, 0.6) is 0 Å². The van der Waals surface area contributed by atoms with E-state index in [0.717, 1.165) is 45.4 Å².